The van der Waals surface area contributed by atoms with Crippen LogP contribution in [0.25, 0.3) is 0 Å². The molecule has 19 heavy (non-hydrogen) atoms. The zero-order valence-electron chi connectivity index (χ0n) is 10.6. The normalized spacial score (nSPS) is 10.5. The Morgan fingerprint density at radius 3 is 2.42 bits per heavy atom. The molecule has 0 radical (unpaired) electrons. The molecule has 2 aromatic rings. The van der Waals surface area contributed by atoms with E-state index in [2.05, 4.69) is 0 Å². The average Bonchev–Trinajstić information content (AvgIpc) is 2.37. The van der Waals surface area contributed by atoms with Gasteiger partial charge in [0.05, 0.1) is 0 Å². The summed E-state index contributed by atoms with van der Waals surface area (Å²) in [6.07, 6.45) is 0.718. The lowest BCUT2D eigenvalue weighted by molar-refractivity contribution is 0.472. The van der Waals surface area contributed by atoms with Gasteiger partial charge in [0.15, 0.2) is 0 Å². The summed E-state index contributed by atoms with van der Waals surface area (Å²) in [5.74, 6) is 1.51. The molecule has 0 aliphatic heterocycles. The first-order chi connectivity index (χ1) is 9.10. The molecule has 0 atom stereocenters. The maximum Gasteiger partial charge on any atom is 0.131 e. The van der Waals surface area contributed by atoms with Crippen LogP contribution in [-0.4, -0.2) is 6.54 Å². The number of halogens is 2. The van der Waals surface area contributed by atoms with Crippen LogP contribution in [0.15, 0.2) is 36.4 Å². The molecule has 0 unspecified atom stereocenters. The Labute approximate surface area is 123 Å². The second kappa shape index (κ2) is 6.29. The lowest BCUT2D eigenvalue weighted by Gasteiger charge is -2.13. The highest BCUT2D eigenvalue weighted by atomic mass is 35.5. The molecule has 100 valence electrons. The predicted molar refractivity (Wildman–Crippen MR) is 80.5 cm³/mol. The smallest absolute Gasteiger partial charge is 0.131 e. The Kier molecular flexibility index (Phi) is 4.70. The maximum absolute atomic E-state index is 5.99. The monoisotopic (exact) mass is 295 g/mol. The van der Waals surface area contributed by atoms with Gasteiger partial charge >= 0.3 is 0 Å². The maximum atomic E-state index is 5.99. The Hall–Kier alpha value is -1.22. The molecule has 2 N–H and O–H groups in total. The van der Waals surface area contributed by atoms with Crippen molar-refractivity contribution in [3.05, 3.63) is 57.6 Å². The summed E-state index contributed by atoms with van der Waals surface area (Å²) >= 11 is 12.0. The van der Waals surface area contributed by atoms with E-state index in [9.17, 15) is 0 Å². The topological polar surface area (TPSA) is 35.2 Å². The van der Waals surface area contributed by atoms with Crippen LogP contribution >= 0.6 is 23.2 Å². The molecule has 2 rings (SSSR count). The van der Waals surface area contributed by atoms with Crippen molar-refractivity contribution in [2.75, 3.05) is 6.54 Å². The van der Waals surface area contributed by atoms with Gasteiger partial charge < -0.3 is 10.5 Å². The third kappa shape index (κ3) is 3.63. The minimum absolute atomic E-state index is 0.547. The first-order valence-electron chi connectivity index (χ1n) is 6.02. The van der Waals surface area contributed by atoms with Crippen LogP contribution in [0.5, 0.6) is 11.5 Å². The Morgan fingerprint density at radius 2 is 1.68 bits per heavy atom. The van der Waals surface area contributed by atoms with Crippen molar-refractivity contribution >= 4 is 23.2 Å². The largest absolute Gasteiger partial charge is 0.457 e. The van der Waals surface area contributed by atoms with Gasteiger partial charge in [0.2, 0.25) is 0 Å². The minimum Gasteiger partial charge on any atom is -0.457 e. The van der Waals surface area contributed by atoms with Crippen molar-refractivity contribution in [3.63, 3.8) is 0 Å². The molecular weight excluding hydrogens is 281 g/mol. The van der Waals surface area contributed by atoms with Gasteiger partial charge in [-0.3, -0.25) is 0 Å². The molecule has 0 heterocycles. The predicted octanol–water partition coefficient (Wildman–Crippen LogP) is 4.60. The van der Waals surface area contributed by atoms with Crippen LogP contribution in [-0.2, 0) is 6.42 Å². The van der Waals surface area contributed by atoms with Crippen molar-refractivity contribution in [2.24, 2.45) is 5.73 Å². The van der Waals surface area contributed by atoms with Crippen LogP contribution in [0.3, 0.4) is 0 Å². The van der Waals surface area contributed by atoms with Gasteiger partial charge in [-0.15, -0.1) is 0 Å². The van der Waals surface area contributed by atoms with Gasteiger partial charge in [0, 0.05) is 10.0 Å². The number of hydrogen-bond donors (Lipinski definition) is 1. The summed E-state index contributed by atoms with van der Waals surface area (Å²) in [5.41, 5.74) is 7.63. The first kappa shape index (κ1) is 14.2. The molecule has 0 aliphatic rings. The van der Waals surface area contributed by atoms with E-state index in [4.69, 9.17) is 33.7 Å². The van der Waals surface area contributed by atoms with Gasteiger partial charge in [-0.25, -0.2) is 0 Å². The molecule has 0 saturated carbocycles. The van der Waals surface area contributed by atoms with Gasteiger partial charge in [-0.05, 0) is 61.3 Å². The van der Waals surface area contributed by atoms with E-state index in [1.165, 1.54) is 0 Å². The number of benzene rings is 2. The highest BCUT2D eigenvalue weighted by molar-refractivity contribution is 6.31. The SMILES string of the molecule is Cc1ccc(Cl)cc1Oc1ccc(Cl)cc1CCN. The Balaban J connectivity index is 2.34. The number of aryl methyl sites for hydroxylation is 1. The summed E-state index contributed by atoms with van der Waals surface area (Å²) in [5, 5.41) is 1.33. The number of nitrogens with two attached hydrogens (primary N) is 1. The van der Waals surface area contributed by atoms with Crippen LogP contribution in [0, 0.1) is 6.92 Å². The molecule has 2 nitrogen and oxygen atoms in total. The van der Waals surface area contributed by atoms with Crippen LogP contribution in [0.1, 0.15) is 11.1 Å². The molecule has 0 aliphatic carbocycles. The summed E-state index contributed by atoms with van der Waals surface area (Å²) in [7, 11) is 0. The Morgan fingerprint density at radius 1 is 1.00 bits per heavy atom. The van der Waals surface area contributed by atoms with Gasteiger partial charge in [-0.2, -0.15) is 0 Å². The van der Waals surface area contributed by atoms with E-state index in [1.807, 2.05) is 31.2 Å². The van der Waals surface area contributed by atoms with E-state index in [-0.39, 0.29) is 0 Å². The van der Waals surface area contributed by atoms with E-state index in [0.717, 1.165) is 29.0 Å². The summed E-state index contributed by atoms with van der Waals surface area (Å²) in [6, 6.07) is 11.1. The van der Waals surface area contributed by atoms with Crippen molar-refractivity contribution < 1.29 is 4.74 Å². The quantitative estimate of drug-likeness (QED) is 0.895. The zero-order valence-corrected chi connectivity index (χ0v) is 12.1. The van der Waals surface area contributed by atoms with E-state index < -0.39 is 0 Å². The van der Waals surface area contributed by atoms with Crippen molar-refractivity contribution in [2.45, 2.75) is 13.3 Å². The molecule has 0 saturated heterocycles. The second-order valence-corrected chi connectivity index (χ2v) is 5.18. The van der Waals surface area contributed by atoms with Crippen LogP contribution in [0.4, 0.5) is 0 Å². The van der Waals surface area contributed by atoms with Gasteiger partial charge in [0.1, 0.15) is 11.5 Å². The van der Waals surface area contributed by atoms with E-state index >= 15 is 0 Å². The molecule has 0 bridgehead atoms. The van der Waals surface area contributed by atoms with Crippen LogP contribution in [0.2, 0.25) is 10.0 Å². The fourth-order valence-corrected chi connectivity index (χ4v) is 2.16. The van der Waals surface area contributed by atoms with Crippen molar-refractivity contribution in [1.82, 2.24) is 0 Å². The minimum atomic E-state index is 0.547. The molecular formula is C15H15Cl2NO. The highest BCUT2D eigenvalue weighted by Gasteiger charge is 2.08. The van der Waals surface area contributed by atoms with Gasteiger partial charge in [0.25, 0.3) is 0 Å². The van der Waals surface area contributed by atoms with E-state index in [0.29, 0.717) is 16.6 Å². The molecule has 0 fully saturated rings. The van der Waals surface area contributed by atoms with Crippen molar-refractivity contribution in [1.29, 1.82) is 0 Å². The second-order valence-electron chi connectivity index (χ2n) is 4.30. The lowest BCUT2D eigenvalue weighted by atomic mass is 10.1. The number of ether oxygens (including phenoxy) is 1. The third-order valence-corrected chi connectivity index (χ3v) is 3.28. The van der Waals surface area contributed by atoms with Crippen LogP contribution < -0.4 is 10.5 Å². The molecule has 0 aromatic heterocycles. The number of rotatable bonds is 4. The number of hydrogen-bond acceptors (Lipinski definition) is 2. The molecule has 2 aromatic carbocycles. The average molecular weight is 296 g/mol. The molecule has 0 amide bonds. The third-order valence-electron chi connectivity index (χ3n) is 2.81. The standard InChI is InChI=1S/C15H15Cl2NO/c1-10-2-3-13(17)9-15(10)19-14-5-4-12(16)8-11(14)6-7-18/h2-5,8-9H,6-7,18H2,1H3. The lowest BCUT2D eigenvalue weighted by Crippen LogP contribution is -2.04. The summed E-state index contributed by atoms with van der Waals surface area (Å²) < 4.78 is 5.93. The van der Waals surface area contributed by atoms with E-state index in [1.54, 1.807) is 12.1 Å². The van der Waals surface area contributed by atoms with Gasteiger partial charge in [-0.1, -0.05) is 29.3 Å². The fraction of sp³-hybridized carbons (Fsp3) is 0.200. The van der Waals surface area contributed by atoms with Crippen molar-refractivity contribution in [3.8, 4) is 11.5 Å². The molecule has 4 heteroatoms. The summed E-state index contributed by atoms with van der Waals surface area (Å²) in [6.45, 7) is 2.52. The molecule has 0 spiro atoms. The first-order valence-corrected chi connectivity index (χ1v) is 6.78. The fourth-order valence-electron chi connectivity index (χ4n) is 1.80. The summed E-state index contributed by atoms with van der Waals surface area (Å²) in [4.78, 5) is 0. The zero-order chi connectivity index (χ0) is 13.8. The Bertz CT molecular complexity index is 584. The highest BCUT2D eigenvalue weighted by Crippen LogP contribution is 2.31.